The van der Waals surface area contributed by atoms with Crippen molar-refractivity contribution in [2.45, 2.75) is 30.2 Å². The van der Waals surface area contributed by atoms with Crippen LogP contribution in [0.15, 0.2) is 71.0 Å². The van der Waals surface area contributed by atoms with Crippen LogP contribution in [0.25, 0.3) is 0 Å². The molecule has 0 aliphatic carbocycles. The molecule has 3 rings (SSSR count). The van der Waals surface area contributed by atoms with E-state index in [1.807, 2.05) is 0 Å². The van der Waals surface area contributed by atoms with Crippen molar-refractivity contribution in [2.75, 3.05) is 5.32 Å². The summed E-state index contributed by atoms with van der Waals surface area (Å²) in [5.74, 6) is -2.08. The normalized spacial score (nSPS) is 11.3. The molecule has 1 heterocycles. The second-order valence-electron chi connectivity index (χ2n) is 6.68. The van der Waals surface area contributed by atoms with Crippen LogP contribution in [0.3, 0.4) is 0 Å². The van der Waals surface area contributed by atoms with Crippen LogP contribution in [-0.4, -0.2) is 18.9 Å². The highest BCUT2D eigenvalue weighted by Crippen LogP contribution is 2.35. The molecule has 0 radical (unpaired) electrons. The Labute approximate surface area is 173 Å². The van der Waals surface area contributed by atoms with Crippen molar-refractivity contribution in [3.8, 4) is 0 Å². The molecule has 0 saturated heterocycles. The molecule has 2 aromatic carbocycles. The third-order valence-electron chi connectivity index (χ3n) is 4.83. The largest absolute Gasteiger partial charge is 0.327 e. The van der Waals surface area contributed by atoms with Gasteiger partial charge in [-0.1, -0.05) is 18.2 Å². The first-order chi connectivity index (χ1) is 14.2. The summed E-state index contributed by atoms with van der Waals surface area (Å²) in [6.07, 6.45) is 1.56. The van der Waals surface area contributed by atoms with Crippen LogP contribution < -0.4 is 5.32 Å². The fourth-order valence-electron chi connectivity index (χ4n) is 3.20. The van der Waals surface area contributed by atoms with Gasteiger partial charge in [-0.3, -0.25) is 4.79 Å². The van der Waals surface area contributed by atoms with Gasteiger partial charge in [-0.15, -0.1) is 6.58 Å². The number of benzene rings is 2. The Hall–Kier alpha value is -3.26. The highest BCUT2D eigenvalue weighted by atomic mass is 32.2. The van der Waals surface area contributed by atoms with Gasteiger partial charge in [0, 0.05) is 12.2 Å². The predicted octanol–water partition coefficient (Wildman–Crippen LogP) is 4.65. The monoisotopic (exact) mass is 430 g/mol. The number of hydrogen-bond donors (Lipinski definition) is 1. The van der Waals surface area contributed by atoms with E-state index in [0.717, 1.165) is 30.3 Å². The van der Waals surface area contributed by atoms with Gasteiger partial charge in [-0.05, 0) is 55.8 Å². The van der Waals surface area contributed by atoms with E-state index in [9.17, 15) is 22.0 Å². The van der Waals surface area contributed by atoms with Crippen LogP contribution in [0, 0.1) is 25.5 Å². The van der Waals surface area contributed by atoms with Gasteiger partial charge in [0.25, 0.3) is 5.91 Å². The van der Waals surface area contributed by atoms with E-state index in [1.54, 1.807) is 24.5 Å². The van der Waals surface area contributed by atoms with E-state index in [1.165, 1.54) is 18.2 Å². The lowest BCUT2D eigenvalue weighted by molar-refractivity contribution is 0.102. The van der Waals surface area contributed by atoms with E-state index in [-0.39, 0.29) is 27.7 Å². The summed E-state index contributed by atoms with van der Waals surface area (Å²) in [4.78, 5) is 12.5. The van der Waals surface area contributed by atoms with Crippen LogP contribution in [-0.2, 0) is 16.4 Å². The number of nitrogens with zero attached hydrogens (tertiary/aromatic N) is 1. The zero-order chi connectivity index (χ0) is 22.1. The number of rotatable bonds is 6. The van der Waals surface area contributed by atoms with Crippen LogP contribution in [0.5, 0.6) is 0 Å². The topological polar surface area (TPSA) is 68.2 Å². The summed E-state index contributed by atoms with van der Waals surface area (Å²) in [7, 11) is -4.11. The van der Waals surface area contributed by atoms with E-state index in [4.69, 9.17) is 0 Å². The van der Waals surface area contributed by atoms with Crippen molar-refractivity contribution in [2.24, 2.45) is 0 Å². The molecule has 0 aliphatic rings. The first kappa shape index (κ1) is 21.4. The van der Waals surface area contributed by atoms with Crippen LogP contribution in [0.2, 0.25) is 0 Å². The molecule has 1 N–H and O–H groups in total. The fraction of sp³-hybridized carbons (Fsp3) is 0.136. The third-order valence-corrected chi connectivity index (χ3v) is 6.76. The minimum absolute atomic E-state index is 0.00229. The van der Waals surface area contributed by atoms with Gasteiger partial charge in [-0.25, -0.2) is 17.2 Å². The van der Waals surface area contributed by atoms with Gasteiger partial charge in [0.1, 0.15) is 22.3 Å². The molecule has 0 spiro atoms. The lowest BCUT2D eigenvalue weighted by Gasteiger charge is -2.13. The average Bonchev–Trinajstić information content (AvgIpc) is 2.93. The molecule has 0 unspecified atom stereocenters. The highest BCUT2D eigenvalue weighted by molar-refractivity contribution is 7.91. The van der Waals surface area contributed by atoms with E-state index in [2.05, 4.69) is 11.9 Å². The van der Waals surface area contributed by atoms with Gasteiger partial charge in [0.2, 0.25) is 9.84 Å². The van der Waals surface area contributed by atoms with Crippen LogP contribution in [0.4, 0.5) is 14.6 Å². The van der Waals surface area contributed by atoms with Crippen molar-refractivity contribution >= 4 is 21.6 Å². The summed E-state index contributed by atoms with van der Waals surface area (Å²) < 4.78 is 55.7. The minimum atomic E-state index is -4.11. The van der Waals surface area contributed by atoms with Gasteiger partial charge in [-0.2, -0.15) is 0 Å². The highest BCUT2D eigenvalue weighted by Gasteiger charge is 2.30. The molecular formula is C22H20F2N2O3S. The molecule has 0 fully saturated rings. The summed E-state index contributed by atoms with van der Waals surface area (Å²) in [6.45, 7) is 7.22. The van der Waals surface area contributed by atoms with Crippen LogP contribution >= 0.6 is 0 Å². The summed E-state index contributed by atoms with van der Waals surface area (Å²) in [5, 5.41) is 2.55. The van der Waals surface area contributed by atoms with Crippen molar-refractivity contribution < 1.29 is 22.0 Å². The van der Waals surface area contributed by atoms with Crippen molar-refractivity contribution in [1.82, 2.24) is 4.57 Å². The maximum absolute atomic E-state index is 14.1. The standard InChI is InChI=1S/C22H20F2N2O3S/c1-4-13-26-15(3)14(2)20(30(28,29)17-11-9-16(23)10-12-17)21(26)25-22(27)18-7-5-6-8-19(18)24/h4-12H,1,13H2,2-3H3,(H,25,27). The summed E-state index contributed by atoms with van der Waals surface area (Å²) >= 11 is 0. The first-order valence-electron chi connectivity index (χ1n) is 9.05. The van der Waals surface area contributed by atoms with Gasteiger partial charge in [0.15, 0.2) is 0 Å². The van der Waals surface area contributed by atoms with E-state index in [0.29, 0.717) is 11.3 Å². The average molecular weight is 430 g/mol. The molecule has 0 bridgehead atoms. The van der Waals surface area contributed by atoms with Gasteiger partial charge < -0.3 is 9.88 Å². The van der Waals surface area contributed by atoms with Crippen molar-refractivity contribution in [3.63, 3.8) is 0 Å². The maximum Gasteiger partial charge on any atom is 0.259 e. The smallest absolute Gasteiger partial charge is 0.259 e. The summed E-state index contributed by atoms with van der Waals surface area (Å²) in [5.41, 5.74) is 0.800. The Balaban J connectivity index is 2.20. The number of amides is 1. The second kappa shape index (κ2) is 8.23. The lowest BCUT2D eigenvalue weighted by Crippen LogP contribution is -2.19. The first-order valence-corrected chi connectivity index (χ1v) is 10.5. The van der Waals surface area contributed by atoms with E-state index < -0.39 is 27.4 Å². The molecule has 5 nitrogen and oxygen atoms in total. The number of hydrogen-bond acceptors (Lipinski definition) is 3. The number of anilines is 1. The quantitative estimate of drug-likeness (QED) is 0.457. The number of aromatic nitrogens is 1. The van der Waals surface area contributed by atoms with Crippen molar-refractivity contribution in [3.05, 3.63) is 89.6 Å². The van der Waals surface area contributed by atoms with Gasteiger partial charge >= 0.3 is 0 Å². The minimum Gasteiger partial charge on any atom is -0.327 e. The Morgan fingerprint density at radius 1 is 1.10 bits per heavy atom. The maximum atomic E-state index is 14.1. The number of carbonyl (C=O) groups excluding carboxylic acids is 1. The number of carbonyl (C=O) groups is 1. The van der Waals surface area contributed by atoms with Crippen LogP contribution in [0.1, 0.15) is 21.6 Å². The summed E-state index contributed by atoms with van der Waals surface area (Å²) in [6, 6.07) is 9.82. The Morgan fingerprint density at radius 3 is 2.33 bits per heavy atom. The molecule has 3 aromatic rings. The number of nitrogens with one attached hydrogen (secondary N) is 1. The number of halogens is 2. The zero-order valence-electron chi connectivity index (χ0n) is 16.4. The molecule has 1 aromatic heterocycles. The lowest BCUT2D eigenvalue weighted by atomic mass is 10.2. The molecule has 156 valence electrons. The molecule has 30 heavy (non-hydrogen) atoms. The van der Waals surface area contributed by atoms with Crippen molar-refractivity contribution in [1.29, 1.82) is 0 Å². The fourth-order valence-corrected chi connectivity index (χ4v) is 4.89. The Kier molecular flexibility index (Phi) is 5.89. The molecule has 1 amide bonds. The van der Waals surface area contributed by atoms with Gasteiger partial charge in [0.05, 0.1) is 10.5 Å². The molecule has 0 atom stereocenters. The molecule has 0 saturated carbocycles. The molecular weight excluding hydrogens is 410 g/mol. The third kappa shape index (κ3) is 3.78. The second-order valence-corrected chi connectivity index (χ2v) is 8.57. The number of sulfone groups is 1. The SMILES string of the molecule is C=CCn1c(C)c(C)c(S(=O)(=O)c2ccc(F)cc2)c1NC(=O)c1ccccc1F. The Morgan fingerprint density at radius 2 is 1.73 bits per heavy atom. The zero-order valence-corrected chi connectivity index (χ0v) is 17.3. The predicted molar refractivity (Wildman–Crippen MR) is 110 cm³/mol. The van der Waals surface area contributed by atoms with E-state index >= 15 is 0 Å². The Bertz CT molecular complexity index is 1230. The number of allylic oxidation sites excluding steroid dienone is 1. The molecule has 8 heteroatoms. The molecule has 0 aliphatic heterocycles.